The van der Waals surface area contributed by atoms with Gasteiger partial charge >= 0.3 is 6.18 Å². The number of aromatic amines is 1. The number of carbonyl (C=O) groups is 3. The second kappa shape index (κ2) is 12.0. The van der Waals surface area contributed by atoms with Crippen LogP contribution in [-0.2, 0) is 16.1 Å². The predicted molar refractivity (Wildman–Crippen MR) is 127 cm³/mol. The summed E-state index contributed by atoms with van der Waals surface area (Å²) in [5, 5.41) is 8.86. The van der Waals surface area contributed by atoms with Crippen LogP contribution < -0.4 is 5.73 Å². The minimum Gasteiger partial charge on any atom is -0.368 e. The van der Waals surface area contributed by atoms with Crippen LogP contribution in [0.4, 0.5) is 13.2 Å². The Balaban J connectivity index is 1.72. The molecule has 2 heterocycles. The highest BCUT2D eigenvalue weighted by Gasteiger charge is 2.37. The summed E-state index contributed by atoms with van der Waals surface area (Å²) in [5.41, 5.74) is 7.31. The Morgan fingerprint density at radius 3 is 2.57 bits per heavy atom. The standard InChI is InChI=1S/C22H22F3N5O3S2/c23-22(24,25)18(31)13-34-8-4-7-17(19(26)32)30(21(33)15-9-27-28-10-15)11-16-12-35-20(29-16)14-5-2-1-3-6-14/h1-3,5-6,9-10,12,17H,4,7-8,11,13H2,(H2,26,32)(H,27,28)/t17-/m0/s1. The summed E-state index contributed by atoms with van der Waals surface area (Å²) in [7, 11) is 0. The second-order valence-electron chi connectivity index (χ2n) is 7.46. The zero-order valence-electron chi connectivity index (χ0n) is 18.3. The topological polar surface area (TPSA) is 122 Å². The molecule has 1 aromatic carbocycles. The number of nitrogens with two attached hydrogens (primary N) is 1. The first kappa shape index (κ1) is 26.4. The number of alkyl halides is 3. The lowest BCUT2D eigenvalue weighted by Gasteiger charge is -2.29. The van der Waals surface area contributed by atoms with E-state index in [9.17, 15) is 27.6 Å². The van der Waals surface area contributed by atoms with E-state index in [0.29, 0.717) is 5.69 Å². The first-order chi connectivity index (χ1) is 16.7. The molecule has 3 rings (SSSR count). The van der Waals surface area contributed by atoms with Gasteiger partial charge in [-0.1, -0.05) is 30.3 Å². The number of hydrogen-bond acceptors (Lipinski definition) is 7. The Kier molecular flexibility index (Phi) is 9.04. The number of thiazole rings is 1. The molecule has 8 nitrogen and oxygen atoms in total. The van der Waals surface area contributed by atoms with Crippen molar-refractivity contribution in [2.75, 3.05) is 11.5 Å². The predicted octanol–water partition coefficient (Wildman–Crippen LogP) is 3.67. The molecule has 0 aliphatic carbocycles. The fourth-order valence-electron chi connectivity index (χ4n) is 3.20. The van der Waals surface area contributed by atoms with Crippen molar-refractivity contribution in [3.63, 3.8) is 0 Å². The van der Waals surface area contributed by atoms with Crippen molar-refractivity contribution in [3.05, 3.63) is 59.4 Å². The van der Waals surface area contributed by atoms with Crippen LogP contribution in [0, 0.1) is 0 Å². The van der Waals surface area contributed by atoms with Gasteiger partial charge in [-0.3, -0.25) is 19.5 Å². The van der Waals surface area contributed by atoms with E-state index in [2.05, 4.69) is 15.2 Å². The Morgan fingerprint density at radius 2 is 1.94 bits per heavy atom. The normalized spacial score (nSPS) is 12.3. The molecule has 0 saturated carbocycles. The van der Waals surface area contributed by atoms with Crippen LogP contribution in [0.25, 0.3) is 10.6 Å². The zero-order chi connectivity index (χ0) is 25.4. The second-order valence-corrected chi connectivity index (χ2v) is 9.43. The molecule has 0 spiro atoms. The Hall–Kier alpha value is -3.19. The number of ketones is 1. The number of aromatic nitrogens is 3. The molecule has 0 unspecified atom stereocenters. The number of thioether (sulfide) groups is 1. The molecule has 1 atom stereocenters. The van der Waals surface area contributed by atoms with Gasteiger partial charge in [-0.2, -0.15) is 30.0 Å². The fraction of sp³-hybridized carbons (Fsp3) is 0.318. The molecule has 35 heavy (non-hydrogen) atoms. The molecule has 13 heteroatoms. The third kappa shape index (κ3) is 7.39. The van der Waals surface area contributed by atoms with E-state index in [-0.39, 0.29) is 30.7 Å². The van der Waals surface area contributed by atoms with E-state index in [0.717, 1.165) is 22.3 Å². The number of nitrogens with zero attached hydrogens (tertiary/aromatic N) is 3. The van der Waals surface area contributed by atoms with E-state index in [1.54, 1.807) is 5.38 Å². The van der Waals surface area contributed by atoms with E-state index in [1.165, 1.54) is 28.6 Å². The lowest BCUT2D eigenvalue weighted by molar-refractivity contribution is -0.167. The minimum atomic E-state index is -4.87. The molecule has 186 valence electrons. The number of hydrogen-bond donors (Lipinski definition) is 2. The molecule has 3 aromatic rings. The van der Waals surface area contributed by atoms with Crippen molar-refractivity contribution in [3.8, 4) is 10.6 Å². The highest BCUT2D eigenvalue weighted by Crippen LogP contribution is 2.25. The van der Waals surface area contributed by atoms with Gasteiger partial charge in [0, 0.05) is 17.1 Å². The van der Waals surface area contributed by atoms with Crippen LogP contribution in [0.5, 0.6) is 0 Å². The van der Waals surface area contributed by atoms with Crippen molar-refractivity contribution < 1.29 is 27.6 Å². The highest BCUT2D eigenvalue weighted by molar-refractivity contribution is 7.99. The van der Waals surface area contributed by atoms with Crippen molar-refractivity contribution in [2.45, 2.75) is 31.6 Å². The number of carbonyl (C=O) groups excluding carboxylic acids is 3. The largest absolute Gasteiger partial charge is 0.450 e. The van der Waals surface area contributed by atoms with Crippen LogP contribution >= 0.6 is 23.1 Å². The summed E-state index contributed by atoms with van der Waals surface area (Å²) in [4.78, 5) is 42.4. The molecule has 2 amide bonds. The van der Waals surface area contributed by atoms with Crippen LogP contribution in [0.1, 0.15) is 28.9 Å². The average Bonchev–Trinajstić information content (AvgIpc) is 3.52. The Labute approximate surface area is 207 Å². The number of Topliss-reactive ketones (excluding diaryl/α,β-unsaturated/α-hetero) is 1. The van der Waals surface area contributed by atoms with E-state index in [1.807, 2.05) is 30.3 Å². The first-order valence-electron chi connectivity index (χ1n) is 10.4. The smallest absolute Gasteiger partial charge is 0.368 e. The van der Waals surface area contributed by atoms with E-state index < -0.39 is 35.6 Å². The molecular formula is C22H22F3N5O3S2. The third-order valence-corrected chi connectivity index (χ3v) is 6.91. The number of nitrogens with one attached hydrogen (secondary N) is 1. The summed E-state index contributed by atoms with van der Waals surface area (Å²) in [6.07, 6.45) is -1.78. The van der Waals surface area contributed by atoms with Crippen molar-refractivity contribution in [1.29, 1.82) is 0 Å². The van der Waals surface area contributed by atoms with Gasteiger partial charge in [0.2, 0.25) is 11.7 Å². The van der Waals surface area contributed by atoms with Crippen molar-refractivity contribution in [2.24, 2.45) is 5.73 Å². The van der Waals surface area contributed by atoms with Crippen molar-refractivity contribution in [1.82, 2.24) is 20.1 Å². The lowest BCUT2D eigenvalue weighted by Crippen LogP contribution is -2.47. The number of rotatable bonds is 12. The van der Waals surface area contributed by atoms with Crippen LogP contribution in [0.2, 0.25) is 0 Å². The summed E-state index contributed by atoms with van der Waals surface area (Å²) in [5.74, 6) is -3.57. The number of amides is 2. The van der Waals surface area contributed by atoms with Gasteiger partial charge in [-0.15, -0.1) is 11.3 Å². The first-order valence-corrected chi connectivity index (χ1v) is 12.5. The highest BCUT2D eigenvalue weighted by atomic mass is 32.2. The van der Waals surface area contributed by atoms with Gasteiger partial charge in [0.1, 0.15) is 11.0 Å². The van der Waals surface area contributed by atoms with Gasteiger partial charge in [0.25, 0.3) is 5.91 Å². The molecule has 0 aliphatic rings. The van der Waals surface area contributed by atoms with E-state index >= 15 is 0 Å². The van der Waals surface area contributed by atoms with Gasteiger partial charge in [0.05, 0.1) is 29.8 Å². The molecule has 3 N–H and O–H groups in total. The summed E-state index contributed by atoms with van der Waals surface area (Å²) < 4.78 is 37.1. The lowest BCUT2D eigenvalue weighted by atomic mass is 10.1. The minimum absolute atomic E-state index is 0.000651. The summed E-state index contributed by atoms with van der Waals surface area (Å²) in [6.45, 7) is 0.000651. The van der Waals surface area contributed by atoms with E-state index in [4.69, 9.17) is 5.73 Å². The molecule has 0 fully saturated rings. The molecule has 0 saturated heterocycles. The SMILES string of the molecule is NC(=O)[C@H](CCCSCC(=O)C(F)(F)F)N(Cc1csc(-c2ccccc2)n1)C(=O)c1cn[nH]c1. The number of benzene rings is 1. The number of H-pyrrole nitrogens is 1. The number of primary amides is 1. The quantitative estimate of drug-likeness (QED) is 0.348. The molecule has 0 bridgehead atoms. The third-order valence-electron chi connectivity index (χ3n) is 4.93. The van der Waals surface area contributed by atoms with Crippen LogP contribution in [0.3, 0.4) is 0 Å². The summed E-state index contributed by atoms with van der Waals surface area (Å²) >= 11 is 2.21. The maximum Gasteiger partial charge on any atom is 0.450 e. The van der Waals surface area contributed by atoms with Crippen LogP contribution in [-0.4, -0.2) is 61.4 Å². The van der Waals surface area contributed by atoms with Gasteiger partial charge in [-0.25, -0.2) is 4.98 Å². The average molecular weight is 526 g/mol. The molecule has 0 radical (unpaired) electrons. The Bertz CT molecular complexity index is 1140. The maximum absolute atomic E-state index is 13.2. The summed E-state index contributed by atoms with van der Waals surface area (Å²) in [6, 6.07) is 8.44. The fourth-order valence-corrected chi connectivity index (χ4v) is 4.88. The molecule has 0 aliphatic heterocycles. The molecular weight excluding hydrogens is 503 g/mol. The van der Waals surface area contributed by atoms with Gasteiger partial charge in [0.15, 0.2) is 0 Å². The van der Waals surface area contributed by atoms with Gasteiger partial charge < -0.3 is 10.6 Å². The zero-order valence-corrected chi connectivity index (χ0v) is 20.0. The maximum atomic E-state index is 13.2. The monoisotopic (exact) mass is 525 g/mol. The number of halogens is 3. The van der Waals surface area contributed by atoms with Crippen molar-refractivity contribution >= 4 is 40.7 Å². The van der Waals surface area contributed by atoms with Gasteiger partial charge in [-0.05, 0) is 18.6 Å². The molecule has 2 aromatic heterocycles. The Morgan fingerprint density at radius 1 is 1.20 bits per heavy atom. The van der Waals surface area contributed by atoms with Crippen LogP contribution in [0.15, 0.2) is 48.1 Å².